The Bertz CT molecular complexity index is 956. The van der Waals surface area contributed by atoms with E-state index in [-0.39, 0.29) is 18.3 Å². The number of hydrogen-bond acceptors (Lipinski definition) is 6. The van der Waals surface area contributed by atoms with Gasteiger partial charge in [0.1, 0.15) is 17.9 Å². The van der Waals surface area contributed by atoms with Gasteiger partial charge in [0.2, 0.25) is 5.95 Å². The summed E-state index contributed by atoms with van der Waals surface area (Å²) in [6.07, 6.45) is -2.19. The van der Waals surface area contributed by atoms with Crippen LogP contribution in [0.5, 0.6) is 0 Å². The van der Waals surface area contributed by atoms with Crippen molar-refractivity contribution >= 4 is 28.4 Å². The minimum atomic E-state index is -4.54. The fraction of sp³-hybridized carbons (Fsp3) is 0.200. The van der Waals surface area contributed by atoms with Gasteiger partial charge in [-0.1, -0.05) is 0 Å². The zero-order chi connectivity index (χ0) is 18.0. The third-order valence-corrected chi connectivity index (χ3v) is 3.45. The summed E-state index contributed by atoms with van der Waals surface area (Å²) in [6, 6.07) is 7.23. The maximum atomic E-state index is 12.9. The molecule has 0 fully saturated rings. The van der Waals surface area contributed by atoms with Crippen LogP contribution in [0.1, 0.15) is 5.56 Å². The molecule has 1 aromatic carbocycles. The topological polar surface area (TPSA) is 91.5 Å². The molecule has 2 N–H and O–H groups in total. The predicted molar refractivity (Wildman–Crippen MR) is 85.2 cm³/mol. The van der Waals surface area contributed by atoms with Crippen LogP contribution >= 0.6 is 0 Å². The van der Waals surface area contributed by atoms with Crippen molar-refractivity contribution < 1.29 is 13.2 Å². The van der Waals surface area contributed by atoms with Crippen molar-refractivity contribution in [3.8, 4) is 6.07 Å². The van der Waals surface area contributed by atoms with Crippen molar-refractivity contribution in [2.24, 2.45) is 0 Å². The van der Waals surface area contributed by atoms with Gasteiger partial charge in [-0.2, -0.15) is 28.5 Å². The summed E-state index contributed by atoms with van der Waals surface area (Å²) in [6.45, 7) is 0.0909. The smallest absolute Gasteiger partial charge is 0.372 e. The normalized spacial score (nSPS) is 11.3. The first-order chi connectivity index (χ1) is 11.9. The van der Waals surface area contributed by atoms with Crippen LogP contribution in [-0.4, -0.2) is 26.8 Å². The molecule has 3 aromatic rings. The van der Waals surface area contributed by atoms with Gasteiger partial charge < -0.3 is 10.6 Å². The molecule has 0 aliphatic carbocycles. The number of nitriles is 1. The lowest BCUT2D eigenvalue weighted by molar-refractivity contribution is -0.137. The van der Waals surface area contributed by atoms with Gasteiger partial charge in [-0.15, -0.1) is 0 Å². The Morgan fingerprint density at radius 1 is 1.28 bits per heavy atom. The SMILES string of the molecule is CNc1nc(Nc2ccc3cnn(CC#N)c3c2)ncc1C(F)(F)F. The fourth-order valence-corrected chi connectivity index (χ4v) is 2.31. The molecule has 0 aliphatic heterocycles. The van der Waals surface area contributed by atoms with Crippen molar-refractivity contribution in [3.63, 3.8) is 0 Å². The quantitative estimate of drug-likeness (QED) is 0.753. The van der Waals surface area contributed by atoms with E-state index in [2.05, 4.69) is 25.7 Å². The Morgan fingerprint density at radius 2 is 2.08 bits per heavy atom. The second-order valence-electron chi connectivity index (χ2n) is 5.06. The first-order valence-corrected chi connectivity index (χ1v) is 7.14. The summed E-state index contributed by atoms with van der Waals surface area (Å²) in [5.74, 6) is -0.302. The molecule has 128 valence electrons. The summed E-state index contributed by atoms with van der Waals surface area (Å²) in [5.41, 5.74) is 0.337. The van der Waals surface area contributed by atoms with E-state index in [1.807, 2.05) is 6.07 Å². The molecule has 3 rings (SSSR count). The van der Waals surface area contributed by atoms with E-state index < -0.39 is 11.7 Å². The van der Waals surface area contributed by atoms with Crippen LogP contribution < -0.4 is 10.6 Å². The van der Waals surface area contributed by atoms with Gasteiger partial charge in [-0.05, 0) is 18.2 Å². The molecule has 0 bridgehead atoms. The summed E-state index contributed by atoms with van der Waals surface area (Å²) in [4.78, 5) is 7.57. The van der Waals surface area contributed by atoms with E-state index in [9.17, 15) is 13.2 Å². The standard InChI is InChI=1S/C15H12F3N7/c1-20-13-11(15(16,17)18)8-21-14(24-13)23-10-3-2-9-7-22-25(5-4-19)12(9)6-10/h2-3,6-8H,5H2,1H3,(H2,20,21,23,24). The Labute approximate surface area is 140 Å². The number of rotatable bonds is 4. The average molecular weight is 347 g/mol. The summed E-state index contributed by atoms with van der Waals surface area (Å²) < 4.78 is 40.1. The monoisotopic (exact) mass is 347 g/mol. The summed E-state index contributed by atoms with van der Waals surface area (Å²) in [7, 11) is 1.36. The van der Waals surface area contributed by atoms with Crippen molar-refractivity contribution in [2.45, 2.75) is 12.7 Å². The Hall–Kier alpha value is -3.35. The lowest BCUT2D eigenvalue weighted by Crippen LogP contribution is -2.12. The molecule has 0 saturated heterocycles. The van der Waals surface area contributed by atoms with Gasteiger partial charge in [0.25, 0.3) is 0 Å². The number of anilines is 3. The lowest BCUT2D eigenvalue weighted by Gasteiger charge is -2.13. The number of aromatic nitrogens is 4. The van der Waals surface area contributed by atoms with E-state index in [0.717, 1.165) is 11.6 Å². The highest BCUT2D eigenvalue weighted by Crippen LogP contribution is 2.33. The molecule has 25 heavy (non-hydrogen) atoms. The van der Waals surface area contributed by atoms with Gasteiger partial charge in [0.15, 0.2) is 0 Å². The average Bonchev–Trinajstić information content (AvgIpc) is 2.96. The predicted octanol–water partition coefficient (Wildman–Crippen LogP) is 3.15. The molecule has 0 unspecified atom stereocenters. The van der Waals surface area contributed by atoms with Gasteiger partial charge in [0, 0.05) is 24.3 Å². The number of fused-ring (bicyclic) bond motifs is 1. The molecule has 2 aromatic heterocycles. The minimum absolute atomic E-state index is 0.0167. The third kappa shape index (κ3) is 3.30. The van der Waals surface area contributed by atoms with E-state index in [1.165, 1.54) is 11.7 Å². The van der Waals surface area contributed by atoms with Crippen LogP contribution in [0.25, 0.3) is 10.9 Å². The third-order valence-electron chi connectivity index (χ3n) is 3.45. The number of hydrogen-bond donors (Lipinski definition) is 2. The number of benzene rings is 1. The highest BCUT2D eigenvalue weighted by Gasteiger charge is 2.35. The molecular weight excluding hydrogens is 335 g/mol. The van der Waals surface area contributed by atoms with Crippen LogP contribution in [0.2, 0.25) is 0 Å². The Morgan fingerprint density at radius 3 is 2.76 bits per heavy atom. The molecule has 2 heterocycles. The molecule has 0 radical (unpaired) electrons. The van der Waals surface area contributed by atoms with E-state index in [4.69, 9.17) is 5.26 Å². The summed E-state index contributed by atoms with van der Waals surface area (Å²) >= 11 is 0. The largest absolute Gasteiger partial charge is 0.421 e. The first-order valence-electron chi connectivity index (χ1n) is 7.14. The molecule has 7 nitrogen and oxygen atoms in total. The van der Waals surface area contributed by atoms with E-state index in [1.54, 1.807) is 24.4 Å². The zero-order valence-corrected chi connectivity index (χ0v) is 13.0. The molecular formula is C15H12F3N7. The van der Waals surface area contributed by atoms with Crippen LogP contribution in [0.3, 0.4) is 0 Å². The van der Waals surface area contributed by atoms with E-state index in [0.29, 0.717) is 11.2 Å². The summed E-state index contributed by atoms with van der Waals surface area (Å²) in [5, 5.41) is 19.0. The number of nitrogens with zero attached hydrogens (tertiary/aromatic N) is 5. The first kappa shape index (κ1) is 16.5. The highest BCUT2D eigenvalue weighted by molar-refractivity contribution is 5.83. The Kier molecular flexibility index (Phi) is 4.14. The van der Waals surface area contributed by atoms with Crippen LogP contribution in [0.4, 0.5) is 30.6 Å². The molecule has 0 saturated carbocycles. The van der Waals surface area contributed by atoms with Crippen LogP contribution in [0.15, 0.2) is 30.6 Å². The maximum absolute atomic E-state index is 12.9. The second-order valence-corrected chi connectivity index (χ2v) is 5.06. The maximum Gasteiger partial charge on any atom is 0.421 e. The highest BCUT2D eigenvalue weighted by atomic mass is 19.4. The zero-order valence-electron chi connectivity index (χ0n) is 13.0. The van der Waals surface area contributed by atoms with Crippen molar-refractivity contribution in [2.75, 3.05) is 17.7 Å². The molecule has 0 spiro atoms. The molecule has 0 amide bonds. The Balaban J connectivity index is 1.93. The van der Waals surface area contributed by atoms with Crippen molar-refractivity contribution in [1.82, 2.24) is 19.7 Å². The lowest BCUT2D eigenvalue weighted by atomic mass is 10.2. The van der Waals surface area contributed by atoms with Crippen molar-refractivity contribution in [1.29, 1.82) is 5.26 Å². The molecule has 0 atom stereocenters. The van der Waals surface area contributed by atoms with Crippen LogP contribution in [0, 0.1) is 11.3 Å². The number of halogens is 3. The molecule has 0 aliphatic rings. The van der Waals surface area contributed by atoms with E-state index >= 15 is 0 Å². The van der Waals surface area contributed by atoms with Gasteiger partial charge >= 0.3 is 6.18 Å². The second kappa shape index (κ2) is 6.27. The van der Waals surface area contributed by atoms with Crippen molar-refractivity contribution in [3.05, 3.63) is 36.2 Å². The van der Waals surface area contributed by atoms with Crippen LogP contribution in [-0.2, 0) is 12.7 Å². The molecule has 10 heteroatoms. The fourth-order valence-electron chi connectivity index (χ4n) is 2.31. The van der Waals surface area contributed by atoms with Gasteiger partial charge in [-0.3, -0.25) is 4.68 Å². The van der Waals surface area contributed by atoms with Gasteiger partial charge in [-0.25, -0.2) is 4.98 Å². The minimum Gasteiger partial charge on any atom is -0.372 e. The number of nitrogens with one attached hydrogen (secondary N) is 2. The number of alkyl halides is 3. The van der Waals surface area contributed by atoms with Gasteiger partial charge in [0.05, 0.1) is 17.8 Å².